The Morgan fingerprint density at radius 1 is 1.03 bits per heavy atom. The third kappa shape index (κ3) is 6.47. The minimum atomic E-state index is -3.47. The molecule has 0 aliphatic carbocycles. The van der Waals surface area contributed by atoms with E-state index in [4.69, 9.17) is 11.6 Å². The summed E-state index contributed by atoms with van der Waals surface area (Å²) in [6, 6.07) is 14.4. The van der Waals surface area contributed by atoms with Crippen LogP contribution in [0.3, 0.4) is 0 Å². The third-order valence-electron chi connectivity index (χ3n) is 4.73. The van der Waals surface area contributed by atoms with Gasteiger partial charge in [-0.3, -0.25) is 4.79 Å². The third-order valence-corrected chi connectivity index (χ3v) is 7.87. The molecule has 0 bridgehead atoms. The highest BCUT2D eigenvalue weighted by molar-refractivity contribution is 7.99. The molecule has 5 nitrogen and oxygen atoms in total. The summed E-state index contributed by atoms with van der Waals surface area (Å²) >= 11 is 7.48. The second kappa shape index (κ2) is 10.5. The molecule has 0 aromatic heterocycles. The number of sulfonamides is 1. The van der Waals surface area contributed by atoms with Crippen molar-refractivity contribution in [2.45, 2.75) is 36.5 Å². The molecule has 3 rings (SSSR count). The van der Waals surface area contributed by atoms with Crippen LogP contribution < -0.4 is 5.32 Å². The minimum absolute atomic E-state index is 0.0821. The molecule has 1 fully saturated rings. The van der Waals surface area contributed by atoms with Crippen LogP contribution in [0.15, 0.2) is 53.4 Å². The Hall–Kier alpha value is -1.54. The highest BCUT2D eigenvalue weighted by Crippen LogP contribution is 2.21. The smallest absolute Gasteiger partial charge is 0.243 e. The molecule has 0 saturated carbocycles. The van der Waals surface area contributed by atoms with E-state index in [-0.39, 0.29) is 5.91 Å². The first kappa shape index (κ1) is 22.2. The van der Waals surface area contributed by atoms with E-state index in [1.165, 1.54) is 11.8 Å². The largest absolute Gasteiger partial charge is 0.351 e. The fourth-order valence-corrected chi connectivity index (χ4v) is 5.82. The van der Waals surface area contributed by atoms with E-state index < -0.39 is 10.0 Å². The molecule has 1 heterocycles. The quantitative estimate of drug-likeness (QED) is 0.655. The maximum Gasteiger partial charge on any atom is 0.243 e. The van der Waals surface area contributed by atoms with Gasteiger partial charge in [0.05, 0.1) is 10.6 Å². The molecule has 1 N–H and O–H groups in total. The highest BCUT2D eigenvalue weighted by atomic mass is 35.5. The SMILES string of the molecule is O=C(CSCc1cccc(Cl)c1)NCc1cccc(S(=O)(=O)N2CCCCC2)c1. The summed E-state index contributed by atoms with van der Waals surface area (Å²) in [4.78, 5) is 12.4. The molecule has 1 saturated heterocycles. The van der Waals surface area contributed by atoms with Crippen LogP contribution in [0.1, 0.15) is 30.4 Å². The number of nitrogens with zero attached hydrogens (tertiary/aromatic N) is 1. The molecular weight excluding hydrogens is 428 g/mol. The fourth-order valence-electron chi connectivity index (χ4n) is 3.21. The lowest BCUT2D eigenvalue weighted by molar-refractivity contribution is -0.118. The second-order valence-corrected chi connectivity index (χ2v) is 10.4. The van der Waals surface area contributed by atoms with Gasteiger partial charge < -0.3 is 5.32 Å². The minimum Gasteiger partial charge on any atom is -0.351 e. The molecule has 156 valence electrons. The van der Waals surface area contributed by atoms with Crippen molar-refractivity contribution in [3.05, 3.63) is 64.7 Å². The van der Waals surface area contributed by atoms with Crippen molar-refractivity contribution in [2.24, 2.45) is 0 Å². The zero-order valence-corrected chi connectivity index (χ0v) is 18.5. The molecule has 2 aromatic rings. The molecule has 0 atom stereocenters. The van der Waals surface area contributed by atoms with E-state index in [1.54, 1.807) is 22.5 Å². The average molecular weight is 453 g/mol. The predicted molar refractivity (Wildman–Crippen MR) is 119 cm³/mol. The Bertz CT molecular complexity index is 944. The maximum absolute atomic E-state index is 12.8. The maximum atomic E-state index is 12.8. The number of nitrogens with one attached hydrogen (secondary N) is 1. The van der Waals surface area contributed by atoms with E-state index >= 15 is 0 Å². The van der Waals surface area contributed by atoms with E-state index in [1.807, 2.05) is 30.3 Å². The standard InChI is InChI=1S/C21H25ClN2O3S2/c22-19-8-4-7-18(12-19)15-28-16-21(25)23-14-17-6-5-9-20(13-17)29(26,27)24-10-2-1-3-11-24/h4-9,12-13H,1-3,10-11,14-16H2,(H,23,25). The van der Waals surface area contributed by atoms with Crippen LogP contribution in [0.5, 0.6) is 0 Å². The Morgan fingerprint density at radius 2 is 1.76 bits per heavy atom. The Morgan fingerprint density at radius 3 is 2.52 bits per heavy atom. The Labute approximate surface area is 181 Å². The predicted octanol–water partition coefficient (Wildman–Crippen LogP) is 4.06. The van der Waals surface area contributed by atoms with Gasteiger partial charge >= 0.3 is 0 Å². The van der Waals surface area contributed by atoms with Gasteiger partial charge in [-0.2, -0.15) is 4.31 Å². The van der Waals surface area contributed by atoms with Crippen LogP contribution >= 0.6 is 23.4 Å². The van der Waals surface area contributed by atoms with Crippen LogP contribution in [0, 0.1) is 0 Å². The zero-order valence-electron chi connectivity index (χ0n) is 16.1. The number of hydrogen-bond donors (Lipinski definition) is 1. The summed E-state index contributed by atoms with van der Waals surface area (Å²) in [5.41, 5.74) is 1.85. The summed E-state index contributed by atoms with van der Waals surface area (Å²) in [6.07, 6.45) is 2.89. The summed E-state index contributed by atoms with van der Waals surface area (Å²) in [5, 5.41) is 3.55. The van der Waals surface area contributed by atoms with Crippen LogP contribution in [-0.2, 0) is 27.1 Å². The van der Waals surface area contributed by atoms with Crippen molar-refractivity contribution in [1.82, 2.24) is 9.62 Å². The van der Waals surface area contributed by atoms with Crippen molar-refractivity contribution in [3.63, 3.8) is 0 Å². The average Bonchev–Trinajstić information content (AvgIpc) is 2.73. The van der Waals surface area contributed by atoms with Gasteiger partial charge in [-0.25, -0.2) is 8.42 Å². The van der Waals surface area contributed by atoms with Gasteiger partial charge in [-0.1, -0.05) is 42.3 Å². The van der Waals surface area contributed by atoms with Crippen LogP contribution in [-0.4, -0.2) is 37.5 Å². The topological polar surface area (TPSA) is 66.5 Å². The summed E-state index contributed by atoms with van der Waals surface area (Å²) in [7, 11) is -3.47. The van der Waals surface area contributed by atoms with Gasteiger partial charge in [0.25, 0.3) is 0 Å². The molecule has 1 aliphatic heterocycles. The fraction of sp³-hybridized carbons (Fsp3) is 0.381. The normalized spacial score (nSPS) is 15.2. The van der Waals surface area contributed by atoms with Gasteiger partial charge in [0, 0.05) is 30.4 Å². The number of halogens is 1. The monoisotopic (exact) mass is 452 g/mol. The number of carbonyl (C=O) groups is 1. The molecule has 0 spiro atoms. The number of benzene rings is 2. The van der Waals surface area contributed by atoms with Crippen molar-refractivity contribution >= 4 is 39.3 Å². The first-order valence-electron chi connectivity index (χ1n) is 9.63. The van der Waals surface area contributed by atoms with E-state index in [9.17, 15) is 13.2 Å². The van der Waals surface area contributed by atoms with Gasteiger partial charge in [0.2, 0.25) is 15.9 Å². The molecular formula is C21H25ClN2O3S2. The van der Waals surface area contributed by atoms with Crippen molar-refractivity contribution in [3.8, 4) is 0 Å². The Balaban J connectivity index is 1.50. The van der Waals surface area contributed by atoms with Gasteiger partial charge in [-0.15, -0.1) is 11.8 Å². The second-order valence-electron chi connectivity index (χ2n) is 7.01. The molecule has 29 heavy (non-hydrogen) atoms. The first-order chi connectivity index (χ1) is 13.9. The van der Waals surface area contributed by atoms with Gasteiger partial charge in [0.15, 0.2) is 0 Å². The summed E-state index contributed by atoms with van der Waals surface area (Å²) in [6.45, 7) is 1.46. The number of hydrogen-bond acceptors (Lipinski definition) is 4. The van der Waals surface area contributed by atoms with Crippen LogP contribution in [0.2, 0.25) is 5.02 Å². The molecule has 1 aliphatic rings. The lowest BCUT2D eigenvalue weighted by Gasteiger charge is -2.26. The van der Waals surface area contributed by atoms with Crippen LogP contribution in [0.25, 0.3) is 0 Å². The molecule has 1 amide bonds. The number of piperidine rings is 1. The molecule has 8 heteroatoms. The molecule has 0 unspecified atom stereocenters. The van der Waals surface area contributed by atoms with Gasteiger partial charge in [0.1, 0.15) is 0 Å². The number of carbonyl (C=O) groups excluding carboxylic acids is 1. The van der Waals surface area contributed by atoms with Crippen molar-refractivity contribution in [2.75, 3.05) is 18.8 Å². The van der Waals surface area contributed by atoms with E-state index in [0.29, 0.717) is 41.1 Å². The Kier molecular flexibility index (Phi) is 8.00. The summed E-state index contributed by atoms with van der Waals surface area (Å²) in [5.74, 6) is 0.955. The van der Waals surface area contributed by atoms with E-state index in [0.717, 1.165) is 30.4 Å². The summed E-state index contributed by atoms with van der Waals surface area (Å²) < 4.78 is 27.2. The van der Waals surface area contributed by atoms with E-state index in [2.05, 4.69) is 5.32 Å². The molecule has 2 aromatic carbocycles. The molecule has 0 radical (unpaired) electrons. The van der Waals surface area contributed by atoms with Crippen molar-refractivity contribution in [1.29, 1.82) is 0 Å². The lowest BCUT2D eigenvalue weighted by Crippen LogP contribution is -2.35. The number of rotatable bonds is 8. The number of thioether (sulfide) groups is 1. The zero-order chi connectivity index (χ0) is 20.7. The number of amides is 1. The highest BCUT2D eigenvalue weighted by Gasteiger charge is 2.25. The lowest BCUT2D eigenvalue weighted by atomic mass is 10.2. The van der Waals surface area contributed by atoms with Gasteiger partial charge in [-0.05, 0) is 48.2 Å². The van der Waals surface area contributed by atoms with Crippen LogP contribution in [0.4, 0.5) is 0 Å². The first-order valence-corrected chi connectivity index (χ1v) is 12.6. The van der Waals surface area contributed by atoms with Crippen molar-refractivity contribution < 1.29 is 13.2 Å².